The molecule has 0 saturated heterocycles. The number of ether oxygens (including phenoxy) is 2. The Hall–Kier alpha value is -1.35. The summed E-state index contributed by atoms with van der Waals surface area (Å²) in [5.74, 6) is 3.04. The van der Waals surface area contributed by atoms with Crippen molar-refractivity contribution in [2.75, 3.05) is 7.11 Å². The second-order valence-electron chi connectivity index (χ2n) is 10.2. The van der Waals surface area contributed by atoms with Crippen molar-refractivity contribution in [3.63, 3.8) is 0 Å². The first-order valence-corrected chi connectivity index (χ1v) is 12.9. The highest BCUT2D eigenvalue weighted by molar-refractivity contribution is 5.75. The summed E-state index contributed by atoms with van der Waals surface area (Å²) in [5, 5.41) is 0. The Bertz CT molecular complexity index is 637. The fourth-order valence-corrected chi connectivity index (χ4v) is 5.72. The lowest BCUT2D eigenvalue weighted by molar-refractivity contribution is -0.140. The summed E-state index contributed by atoms with van der Waals surface area (Å²) in [6.07, 6.45) is 16.1. The van der Waals surface area contributed by atoms with Crippen LogP contribution in [0.2, 0.25) is 0 Å². The summed E-state index contributed by atoms with van der Waals surface area (Å²) >= 11 is 0. The van der Waals surface area contributed by atoms with Gasteiger partial charge in [-0.2, -0.15) is 0 Å². The molecule has 0 aliphatic heterocycles. The Morgan fingerprint density at radius 2 is 1.65 bits per heavy atom. The number of rotatable bonds is 10. The van der Waals surface area contributed by atoms with Gasteiger partial charge in [-0.25, -0.2) is 0 Å². The topological polar surface area (TPSA) is 35.5 Å². The average Bonchev–Trinajstić information content (AvgIpc) is 2.80. The Labute approximate surface area is 190 Å². The molecular weight excluding hydrogens is 384 g/mol. The molecule has 3 heteroatoms. The van der Waals surface area contributed by atoms with Crippen molar-refractivity contribution in [3.8, 4) is 5.75 Å². The lowest BCUT2D eigenvalue weighted by atomic mass is 9.79. The smallest absolute Gasteiger partial charge is 0.314 e. The molecule has 0 N–H and O–H groups in total. The van der Waals surface area contributed by atoms with Crippen LogP contribution < -0.4 is 4.74 Å². The number of carbonyl (C=O) groups is 1. The Morgan fingerprint density at radius 3 is 2.26 bits per heavy atom. The standard InChI is InChI=1S/C28H44O3/c1-4-6-21(2)7-5-8-22-9-11-25(12-10-22)28(29)31-27-19-15-24(16-20-27)23-13-17-26(30-3)18-14-23/h15-16,19-23,25-26H,4-14,17-18H2,1-3H3. The molecule has 0 aromatic heterocycles. The predicted octanol–water partition coefficient (Wildman–Crippen LogP) is 7.68. The normalized spacial score (nSPS) is 27.6. The van der Waals surface area contributed by atoms with Gasteiger partial charge in [0.1, 0.15) is 5.75 Å². The molecule has 0 bridgehead atoms. The zero-order valence-electron chi connectivity index (χ0n) is 20.1. The van der Waals surface area contributed by atoms with Crippen LogP contribution in [0.25, 0.3) is 0 Å². The van der Waals surface area contributed by atoms with Crippen molar-refractivity contribution in [1.82, 2.24) is 0 Å². The van der Waals surface area contributed by atoms with Gasteiger partial charge in [-0.1, -0.05) is 58.1 Å². The van der Waals surface area contributed by atoms with E-state index in [-0.39, 0.29) is 11.9 Å². The molecule has 1 aromatic carbocycles. The van der Waals surface area contributed by atoms with E-state index in [2.05, 4.69) is 26.0 Å². The minimum Gasteiger partial charge on any atom is -0.426 e. The van der Waals surface area contributed by atoms with Gasteiger partial charge < -0.3 is 9.47 Å². The Morgan fingerprint density at radius 1 is 0.968 bits per heavy atom. The van der Waals surface area contributed by atoms with Crippen molar-refractivity contribution < 1.29 is 14.3 Å². The second-order valence-corrected chi connectivity index (χ2v) is 10.2. The molecule has 2 fully saturated rings. The molecule has 0 amide bonds. The molecule has 174 valence electrons. The number of hydrogen-bond donors (Lipinski definition) is 0. The van der Waals surface area contributed by atoms with Crippen LogP contribution in [0.1, 0.15) is 109 Å². The molecular formula is C28H44O3. The molecule has 2 aliphatic rings. The highest BCUT2D eigenvalue weighted by Crippen LogP contribution is 2.36. The highest BCUT2D eigenvalue weighted by atomic mass is 16.5. The number of hydrogen-bond acceptors (Lipinski definition) is 3. The Kier molecular flexibility index (Phi) is 9.90. The van der Waals surface area contributed by atoms with Crippen molar-refractivity contribution in [2.45, 2.75) is 109 Å². The van der Waals surface area contributed by atoms with E-state index in [0.29, 0.717) is 17.8 Å². The van der Waals surface area contributed by atoms with Gasteiger partial charge in [0.05, 0.1) is 12.0 Å². The molecule has 0 spiro atoms. The van der Waals surface area contributed by atoms with E-state index in [9.17, 15) is 4.79 Å². The molecule has 1 atom stereocenters. The second kappa shape index (κ2) is 12.6. The monoisotopic (exact) mass is 428 g/mol. The predicted molar refractivity (Wildman–Crippen MR) is 127 cm³/mol. The maximum atomic E-state index is 12.7. The third-order valence-electron chi connectivity index (χ3n) is 7.85. The number of methoxy groups -OCH3 is 1. The van der Waals surface area contributed by atoms with Crippen molar-refractivity contribution in [2.24, 2.45) is 17.8 Å². The quantitative estimate of drug-likeness (QED) is 0.283. The third-order valence-corrected chi connectivity index (χ3v) is 7.85. The van der Waals surface area contributed by atoms with Crippen LogP contribution in [-0.4, -0.2) is 19.2 Å². The summed E-state index contributed by atoms with van der Waals surface area (Å²) in [7, 11) is 1.82. The SMILES string of the molecule is CCCC(C)CCCC1CCC(C(=O)Oc2ccc(C3CCC(OC)CC3)cc2)CC1. The zero-order chi connectivity index (χ0) is 22.1. The first-order valence-electron chi connectivity index (χ1n) is 12.9. The van der Waals surface area contributed by atoms with Gasteiger partial charge in [-0.05, 0) is 86.8 Å². The third kappa shape index (κ3) is 7.63. The van der Waals surface area contributed by atoms with Gasteiger partial charge >= 0.3 is 5.97 Å². The van der Waals surface area contributed by atoms with Crippen molar-refractivity contribution in [3.05, 3.63) is 29.8 Å². The summed E-state index contributed by atoms with van der Waals surface area (Å²) < 4.78 is 11.2. The van der Waals surface area contributed by atoms with Crippen molar-refractivity contribution >= 4 is 5.97 Å². The number of esters is 1. The van der Waals surface area contributed by atoms with E-state index in [1.165, 1.54) is 63.4 Å². The highest BCUT2D eigenvalue weighted by Gasteiger charge is 2.28. The molecule has 3 nitrogen and oxygen atoms in total. The summed E-state index contributed by atoms with van der Waals surface area (Å²) in [4.78, 5) is 12.7. The average molecular weight is 429 g/mol. The minimum atomic E-state index is -0.0247. The van der Waals surface area contributed by atoms with Crippen LogP contribution in [0.3, 0.4) is 0 Å². The lowest BCUT2D eigenvalue weighted by Crippen LogP contribution is -2.25. The Balaban J connectivity index is 1.37. The molecule has 3 rings (SSSR count). The van der Waals surface area contributed by atoms with Crippen LogP contribution in [0.5, 0.6) is 5.75 Å². The molecule has 31 heavy (non-hydrogen) atoms. The summed E-state index contributed by atoms with van der Waals surface area (Å²) in [5.41, 5.74) is 1.36. The van der Waals surface area contributed by atoms with E-state index in [0.717, 1.165) is 37.5 Å². The van der Waals surface area contributed by atoms with Crippen LogP contribution in [0.4, 0.5) is 0 Å². The molecule has 2 saturated carbocycles. The van der Waals surface area contributed by atoms with Crippen LogP contribution in [0, 0.1) is 17.8 Å². The van der Waals surface area contributed by atoms with E-state index in [1.807, 2.05) is 19.2 Å². The summed E-state index contributed by atoms with van der Waals surface area (Å²) in [6.45, 7) is 4.66. The van der Waals surface area contributed by atoms with E-state index >= 15 is 0 Å². The van der Waals surface area contributed by atoms with Crippen molar-refractivity contribution in [1.29, 1.82) is 0 Å². The van der Waals surface area contributed by atoms with Crippen LogP contribution >= 0.6 is 0 Å². The first kappa shape index (κ1) is 24.3. The van der Waals surface area contributed by atoms with Gasteiger partial charge in [0, 0.05) is 7.11 Å². The largest absolute Gasteiger partial charge is 0.426 e. The van der Waals surface area contributed by atoms with E-state index < -0.39 is 0 Å². The van der Waals surface area contributed by atoms with E-state index in [4.69, 9.17) is 9.47 Å². The van der Waals surface area contributed by atoms with Gasteiger partial charge in [-0.3, -0.25) is 4.79 Å². The molecule has 0 heterocycles. The molecule has 1 aromatic rings. The minimum absolute atomic E-state index is 0.0247. The number of carbonyl (C=O) groups excluding carboxylic acids is 1. The zero-order valence-corrected chi connectivity index (χ0v) is 20.1. The first-order chi connectivity index (χ1) is 15.1. The van der Waals surface area contributed by atoms with Crippen LogP contribution in [0.15, 0.2) is 24.3 Å². The van der Waals surface area contributed by atoms with Gasteiger partial charge in [-0.15, -0.1) is 0 Å². The molecule has 2 aliphatic carbocycles. The molecule has 1 unspecified atom stereocenters. The summed E-state index contributed by atoms with van der Waals surface area (Å²) in [6, 6.07) is 8.27. The van der Waals surface area contributed by atoms with Gasteiger partial charge in [0.25, 0.3) is 0 Å². The maximum absolute atomic E-state index is 12.7. The lowest BCUT2D eigenvalue weighted by Gasteiger charge is -2.28. The number of benzene rings is 1. The van der Waals surface area contributed by atoms with Gasteiger partial charge in [0.2, 0.25) is 0 Å². The maximum Gasteiger partial charge on any atom is 0.314 e. The molecule has 0 radical (unpaired) electrons. The van der Waals surface area contributed by atoms with Gasteiger partial charge in [0.15, 0.2) is 0 Å². The van der Waals surface area contributed by atoms with Crippen LogP contribution in [-0.2, 0) is 9.53 Å². The fourth-order valence-electron chi connectivity index (χ4n) is 5.72. The van der Waals surface area contributed by atoms with E-state index in [1.54, 1.807) is 0 Å². The fraction of sp³-hybridized carbons (Fsp3) is 0.750.